The first kappa shape index (κ1) is 14.3. The van der Waals surface area contributed by atoms with Gasteiger partial charge in [0, 0.05) is 0 Å². The number of primary sulfonamides is 1. The van der Waals surface area contributed by atoms with E-state index >= 15 is 0 Å². The van der Waals surface area contributed by atoms with Crippen LogP contribution in [0.25, 0.3) is 0 Å². The Kier molecular flexibility index (Phi) is 3.65. The van der Waals surface area contributed by atoms with Crippen LogP contribution in [0, 0.1) is 12.7 Å². The first-order valence-electron chi connectivity index (χ1n) is 5.73. The Morgan fingerprint density at radius 1 is 1.10 bits per heavy atom. The number of sulfonamides is 1. The van der Waals surface area contributed by atoms with E-state index in [0.717, 1.165) is 5.56 Å². The van der Waals surface area contributed by atoms with Crippen molar-refractivity contribution in [3.63, 3.8) is 0 Å². The third kappa shape index (κ3) is 3.06. The maximum atomic E-state index is 13.8. The molecule has 7 heteroatoms. The molecule has 2 aromatic carbocycles. The quantitative estimate of drug-likeness (QED) is 0.755. The topological polar surface area (TPSA) is 98.2 Å². The van der Waals surface area contributed by atoms with E-state index in [1.807, 2.05) is 0 Å². The van der Waals surface area contributed by atoms with Gasteiger partial charge in [0.25, 0.3) is 0 Å². The zero-order chi connectivity index (χ0) is 14.9. The highest BCUT2D eigenvalue weighted by Gasteiger charge is 2.11. The number of hydrogen-bond acceptors (Lipinski definition) is 4. The lowest BCUT2D eigenvalue weighted by molar-refractivity contribution is 0.598. The molecule has 5 nitrogen and oxygen atoms in total. The molecule has 20 heavy (non-hydrogen) atoms. The predicted molar refractivity (Wildman–Crippen MR) is 76.6 cm³/mol. The highest BCUT2D eigenvalue weighted by molar-refractivity contribution is 7.89. The number of halogens is 1. The molecule has 0 radical (unpaired) electrons. The maximum Gasteiger partial charge on any atom is 0.238 e. The smallest absolute Gasteiger partial charge is 0.238 e. The second kappa shape index (κ2) is 5.10. The summed E-state index contributed by atoms with van der Waals surface area (Å²) in [5.41, 5.74) is 7.29. The Morgan fingerprint density at radius 3 is 2.40 bits per heavy atom. The minimum Gasteiger partial charge on any atom is -0.397 e. The summed E-state index contributed by atoms with van der Waals surface area (Å²) in [7, 11) is -3.84. The molecule has 0 aromatic heterocycles. The van der Waals surface area contributed by atoms with Crippen LogP contribution in [-0.2, 0) is 10.0 Å². The lowest BCUT2D eigenvalue weighted by Crippen LogP contribution is -2.12. The van der Waals surface area contributed by atoms with Crippen LogP contribution in [0.4, 0.5) is 21.5 Å². The van der Waals surface area contributed by atoms with E-state index in [-0.39, 0.29) is 22.0 Å². The molecular weight excluding hydrogens is 281 g/mol. The Balaban J connectivity index is 2.43. The summed E-state index contributed by atoms with van der Waals surface area (Å²) in [6.07, 6.45) is 0. The van der Waals surface area contributed by atoms with Crippen LogP contribution in [0.3, 0.4) is 0 Å². The first-order chi connectivity index (χ1) is 9.27. The molecule has 0 aliphatic carbocycles. The van der Waals surface area contributed by atoms with Crippen LogP contribution in [0.1, 0.15) is 5.56 Å². The third-order valence-corrected chi connectivity index (χ3v) is 3.66. The van der Waals surface area contributed by atoms with Crippen LogP contribution in [-0.4, -0.2) is 8.42 Å². The minimum absolute atomic E-state index is 0.0956. The third-order valence-electron chi connectivity index (χ3n) is 2.75. The Bertz CT molecular complexity index is 760. The summed E-state index contributed by atoms with van der Waals surface area (Å²) in [6.45, 7) is 1.77. The van der Waals surface area contributed by atoms with E-state index in [9.17, 15) is 12.8 Å². The van der Waals surface area contributed by atoms with Crippen molar-refractivity contribution in [1.29, 1.82) is 0 Å². The molecule has 2 aromatic rings. The molecular formula is C13H14FN3O2S. The summed E-state index contributed by atoms with van der Waals surface area (Å²) in [5, 5.41) is 7.81. The van der Waals surface area contributed by atoms with Crippen LogP contribution < -0.4 is 16.2 Å². The molecule has 0 fully saturated rings. The second-order valence-electron chi connectivity index (χ2n) is 4.40. The number of benzene rings is 2. The van der Waals surface area contributed by atoms with E-state index < -0.39 is 15.8 Å². The molecule has 5 N–H and O–H groups in total. The van der Waals surface area contributed by atoms with Crippen molar-refractivity contribution in [2.24, 2.45) is 5.14 Å². The lowest BCUT2D eigenvalue weighted by atomic mass is 10.2. The Hall–Kier alpha value is -2.12. The van der Waals surface area contributed by atoms with Gasteiger partial charge in [-0.1, -0.05) is 6.07 Å². The molecule has 0 heterocycles. The van der Waals surface area contributed by atoms with E-state index in [0.29, 0.717) is 0 Å². The fourth-order valence-corrected chi connectivity index (χ4v) is 2.23. The number of aryl methyl sites for hydroxylation is 1. The zero-order valence-corrected chi connectivity index (χ0v) is 11.5. The van der Waals surface area contributed by atoms with Crippen LogP contribution in [0.5, 0.6) is 0 Å². The van der Waals surface area contributed by atoms with Crippen molar-refractivity contribution >= 4 is 27.1 Å². The van der Waals surface area contributed by atoms with Gasteiger partial charge in [0.2, 0.25) is 10.0 Å². The predicted octanol–water partition coefficient (Wildman–Crippen LogP) is 2.11. The van der Waals surface area contributed by atoms with Gasteiger partial charge in [-0.3, -0.25) is 0 Å². The number of nitrogens with two attached hydrogens (primary N) is 2. The minimum atomic E-state index is -3.84. The molecule has 2 rings (SSSR count). The fraction of sp³-hybridized carbons (Fsp3) is 0.0769. The van der Waals surface area contributed by atoms with E-state index in [4.69, 9.17) is 10.9 Å². The van der Waals surface area contributed by atoms with Crippen molar-refractivity contribution in [3.8, 4) is 0 Å². The second-order valence-corrected chi connectivity index (χ2v) is 5.96. The molecule has 0 amide bonds. The summed E-state index contributed by atoms with van der Waals surface area (Å²) < 4.78 is 36.3. The number of anilines is 3. The van der Waals surface area contributed by atoms with Crippen molar-refractivity contribution in [1.82, 2.24) is 0 Å². The largest absolute Gasteiger partial charge is 0.397 e. The highest BCUT2D eigenvalue weighted by Crippen LogP contribution is 2.27. The average molecular weight is 295 g/mol. The lowest BCUT2D eigenvalue weighted by Gasteiger charge is -2.12. The molecule has 0 saturated carbocycles. The average Bonchev–Trinajstić information content (AvgIpc) is 2.33. The summed E-state index contributed by atoms with van der Waals surface area (Å²) in [6, 6.07) is 8.60. The van der Waals surface area contributed by atoms with E-state index in [1.165, 1.54) is 24.3 Å². The number of nitrogens with one attached hydrogen (secondary N) is 1. The highest BCUT2D eigenvalue weighted by atomic mass is 32.2. The molecule has 0 spiro atoms. The summed E-state index contributed by atoms with van der Waals surface area (Å²) >= 11 is 0. The standard InChI is InChI=1S/C13H14FN3O2S/c1-8-2-5-12(10(14)6-8)17-13-7-9(20(16,18)19)3-4-11(13)15/h2-7,17H,15H2,1H3,(H2,16,18,19). The summed E-state index contributed by atoms with van der Waals surface area (Å²) in [4.78, 5) is -0.0956. The monoisotopic (exact) mass is 295 g/mol. The van der Waals surface area contributed by atoms with Crippen molar-refractivity contribution in [2.45, 2.75) is 11.8 Å². The van der Waals surface area contributed by atoms with Crippen LogP contribution >= 0.6 is 0 Å². The molecule has 0 unspecified atom stereocenters. The van der Waals surface area contributed by atoms with Gasteiger partial charge in [0.1, 0.15) is 5.82 Å². The van der Waals surface area contributed by atoms with Crippen molar-refractivity contribution < 1.29 is 12.8 Å². The van der Waals surface area contributed by atoms with Gasteiger partial charge in [-0.05, 0) is 42.8 Å². The van der Waals surface area contributed by atoms with Gasteiger partial charge in [-0.2, -0.15) is 0 Å². The van der Waals surface area contributed by atoms with Crippen LogP contribution in [0.2, 0.25) is 0 Å². The van der Waals surface area contributed by atoms with Gasteiger partial charge in [0.05, 0.1) is 22.0 Å². The molecule has 0 atom stereocenters. The van der Waals surface area contributed by atoms with Gasteiger partial charge in [-0.15, -0.1) is 0 Å². The van der Waals surface area contributed by atoms with Gasteiger partial charge < -0.3 is 11.1 Å². The fourth-order valence-electron chi connectivity index (χ4n) is 1.69. The molecule has 0 bridgehead atoms. The van der Waals surface area contributed by atoms with Gasteiger partial charge in [0.15, 0.2) is 0 Å². The SMILES string of the molecule is Cc1ccc(Nc2cc(S(N)(=O)=O)ccc2N)c(F)c1. The van der Waals surface area contributed by atoms with E-state index in [2.05, 4.69) is 5.32 Å². The van der Waals surface area contributed by atoms with Crippen molar-refractivity contribution in [3.05, 3.63) is 47.8 Å². The molecule has 0 saturated heterocycles. The molecule has 0 aliphatic heterocycles. The molecule has 106 valence electrons. The zero-order valence-electron chi connectivity index (χ0n) is 10.7. The Morgan fingerprint density at radius 2 is 1.80 bits per heavy atom. The van der Waals surface area contributed by atoms with E-state index in [1.54, 1.807) is 19.1 Å². The van der Waals surface area contributed by atoms with Gasteiger partial charge >= 0.3 is 0 Å². The van der Waals surface area contributed by atoms with Crippen LogP contribution in [0.15, 0.2) is 41.3 Å². The van der Waals surface area contributed by atoms with Gasteiger partial charge in [-0.25, -0.2) is 17.9 Å². The van der Waals surface area contributed by atoms with Crippen molar-refractivity contribution in [2.75, 3.05) is 11.1 Å². The maximum absolute atomic E-state index is 13.8. The first-order valence-corrected chi connectivity index (χ1v) is 7.27. The number of rotatable bonds is 3. The Labute approximate surface area is 116 Å². The number of hydrogen-bond donors (Lipinski definition) is 3. The normalized spacial score (nSPS) is 11.3. The summed E-state index contributed by atoms with van der Waals surface area (Å²) in [5.74, 6) is -0.453. The number of nitrogen functional groups attached to an aromatic ring is 1. The molecule has 0 aliphatic rings.